The van der Waals surface area contributed by atoms with Crippen molar-refractivity contribution in [3.63, 3.8) is 0 Å². The van der Waals surface area contributed by atoms with Crippen LogP contribution in [0, 0.1) is 0 Å². The van der Waals surface area contributed by atoms with Gasteiger partial charge in [-0.3, -0.25) is 0 Å². The Labute approximate surface area is 179 Å². The number of methoxy groups -OCH3 is 2. The molecule has 4 rings (SSSR count). The van der Waals surface area contributed by atoms with Gasteiger partial charge in [0.15, 0.2) is 11.5 Å². The number of nitrogens with one attached hydrogen (secondary N) is 1. The Morgan fingerprint density at radius 1 is 0.867 bits per heavy atom. The van der Waals surface area contributed by atoms with Crippen LogP contribution in [0.5, 0.6) is 11.5 Å². The highest BCUT2D eigenvalue weighted by atomic mass is 16.5. The summed E-state index contributed by atoms with van der Waals surface area (Å²) in [5, 5.41) is 4.75. The third-order valence-corrected chi connectivity index (χ3v) is 6.59. The van der Waals surface area contributed by atoms with Crippen LogP contribution in [0.1, 0.15) is 43.8 Å². The summed E-state index contributed by atoms with van der Waals surface area (Å²) in [7, 11) is 7.73. The monoisotopic (exact) mass is 413 g/mol. The highest BCUT2D eigenvalue weighted by molar-refractivity contribution is 5.92. The van der Waals surface area contributed by atoms with Crippen LogP contribution < -0.4 is 14.8 Å². The molecule has 0 saturated carbocycles. The molecule has 2 aliphatic rings. The van der Waals surface area contributed by atoms with Crippen LogP contribution in [-0.2, 0) is 0 Å². The van der Waals surface area contributed by atoms with Crippen LogP contribution in [0.4, 0.5) is 5.82 Å². The van der Waals surface area contributed by atoms with Crippen molar-refractivity contribution in [1.29, 1.82) is 0 Å². The van der Waals surface area contributed by atoms with Gasteiger partial charge < -0.3 is 24.6 Å². The first kappa shape index (κ1) is 21.1. The van der Waals surface area contributed by atoms with Crippen LogP contribution in [-0.4, -0.2) is 80.3 Å². The van der Waals surface area contributed by atoms with E-state index in [4.69, 9.17) is 19.4 Å². The molecule has 2 saturated heterocycles. The number of nitrogens with zero attached hydrogens (tertiary/aromatic N) is 4. The molecule has 7 nitrogen and oxygen atoms in total. The molecule has 164 valence electrons. The second-order valence-corrected chi connectivity index (χ2v) is 8.81. The second kappa shape index (κ2) is 9.35. The summed E-state index contributed by atoms with van der Waals surface area (Å²) in [6.07, 6.45) is 5.67. The molecular weight excluding hydrogens is 378 g/mol. The number of piperidine rings is 1. The summed E-state index contributed by atoms with van der Waals surface area (Å²) in [6.45, 7) is 4.46. The van der Waals surface area contributed by atoms with Gasteiger partial charge in [-0.25, -0.2) is 9.97 Å². The molecule has 0 radical (unpaired) electrons. The van der Waals surface area contributed by atoms with Crippen LogP contribution in [0.25, 0.3) is 10.9 Å². The second-order valence-electron chi connectivity index (χ2n) is 8.81. The van der Waals surface area contributed by atoms with Gasteiger partial charge in [-0.2, -0.15) is 0 Å². The standard InChI is InChI=1S/C23H35N5O2/c1-27-10-5-6-16(7-11-27)22-25-19-15-21(30-4)20(29-3)14-18(19)23(26-22)24-17-8-12-28(2)13-9-17/h14-17H,5-13H2,1-4H3,(H,24,25,26). The molecule has 1 aromatic carbocycles. The fourth-order valence-electron chi connectivity index (χ4n) is 4.61. The Bertz CT molecular complexity index is 866. The van der Waals surface area contributed by atoms with Crippen molar-refractivity contribution in [2.75, 3.05) is 59.8 Å². The number of anilines is 1. The molecule has 0 aliphatic carbocycles. The zero-order valence-corrected chi connectivity index (χ0v) is 18.8. The number of ether oxygens (including phenoxy) is 2. The van der Waals surface area contributed by atoms with Gasteiger partial charge in [0.2, 0.25) is 0 Å². The van der Waals surface area contributed by atoms with E-state index in [1.807, 2.05) is 12.1 Å². The molecule has 2 fully saturated rings. The number of rotatable bonds is 5. The molecule has 1 aromatic heterocycles. The normalized spacial score (nSPS) is 22.1. The van der Waals surface area contributed by atoms with Crippen LogP contribution in [0.2, 0.25) is 0 Å². The van der Waals surface area contributed by atoms with Gasteiger partial charge >= 0.3 is 0 Å². The third-order valence-electron chi connectivity index (χ3n) is 6.59. The van der Waals surface area contributed by atoms with E-state index in [9.17, 15) is 0 Å². The highest BCUT2D eigenvalue weighted by Crippen LogP contribution is 2.36. The lowest BCUT2D eigenvalue weighted by Crippen LogP contribution is -2.37. The van der Waals surface area contributed by atoms with E-state index in [1.165, 1.54) is 6.42 Å². The number of likely N-dealkylation sites (tertiary alicyclic amines) is 2. The number of fused-ring (bicyclic) bond motifs is 1. The van der Waals surface area contributed by atoms with Gasteiger partial charge in [0.05, 0.1) is 19.7 Å². The Morgan fingerprint density at radius 2 is 1.53 bits per heavy atom. The quantitative estimate of drug-likeness (QED) is 0.806. The van der Waals surface area contributed by atoms with Crippen LogP contribution in [0.15, 0.2) is 12.1 Å². The maximum atomic E-state index is 5.56. The first-order valence-electron chi connectivity index (χ1n) is 11.1. The van der Waals surface area contributed by atoms with E-state index in [0.717, 1.165) is 74.4 Å². The minimum absolute atomic E-state index is 0.394. The third kappa shape index (κ3) is 4.62. The Kier molecular flexibility index (Phi) is 6.58. The lowest BCUT2D eigenvalue weighted by atomic mass is 9.99. The number of hydrogen-bond donors (Lipinski definition) is 1. The number of aromatic nitrogens is 2. The van der Waals surface area contributed by atoms with Gasteiger partial charge in [0, 0.05) is 23.4 Å². The van der Waals surface area contributed by atoms with Crippen molar-refractivity contribution >= 4 is 16.7 Å². The SMILES string of the molecule is COc1cc2nc(C3CCCN(C)CC3)nc(NC3CCN(C)CC3)c2cc1OC. The van der Waals surface area contributed by atoms with E-state index in [2.05, 4.69) is 29.2 Å². The minimum atomic E-state index is 0.394. The van der Waals surface area contributed by atoms with Gasteiger partial charge in [-0.05, 0) is 78.4 Å². The van der Waals surface area contributed by atoms with Gasteiger partial charge in [0.1, 0.15) is 11.6 Å². The first-order valence-corrected chi connectivity index (χ1v) is 11.1. The smallest absolute Gasteiger partial charge is 0.162 e. The zero-order valence-electron chi connectivity index (χ0n) is 18.8. The lowest BCUT2D eigenvalue weighted by molar-refractivity contribution is 0.263. The van der Waals surface area contributed by atoms with Crippen molar-refractivity contribution in [2.45, 2.75) is 44.1 Å². The number of hydrogen-bond acceptors (Lipinski definition) is 7. The fraction of sp³-hybridized carbons (Fsp3) is 0.652. The van der Waals surface area contributed by atoms with E-state index >= 15 is 0 Å². The molecule has 1 N–H and O–H groups in total. The first-order chi connectivity index (χ1) is 14.6. The predicted octanol–water partition coefficient (Wildman–Crippen LogP) is 3.35. The summed E-state index contributed by atoms with van der Waals surface area (Å²) < 4.78 is 11.1. The fourth-order valence-corrected chi connectivity index (χ4v) is 4.61. The maximum absolute atomic E-state index is 5.56. The van der Waals surface area contributed by atoms with Crippen molar-refractivity contribution < 1.29 is 9.47 Å². The molecule has 0 bridgehead atoms. The minimum Gasteiger partial charge on any atom is -0.493 e. The Balaban J connectivity index is 1.73. The average Bonchev–Trinajstić information content (AvgIpc) is 2.98. The largest absolute Gasteiger partial charge is 0.493 e. The Hall–Kier alpha value is -2.12. The van der Waals surface area contributed by atoms with Crippen molar-refractivity contribution in [1.82, 2.24) is 19.8 Å². The van der Waals surface area contributed by atoms with Crippen LogP contribution >= 0.6 is 0 Å². The molecule has 1 unspecified atom stereocenters. The summed E-state index contributed by atoms with van der Waals surface area (Å²) in [6, 6.07) is 4.43. The molecule has 2 aromatic rings. The molecule has 1 atom stereocenters. The summed E-state index contributed by atoms with van der Waals surface area (Å²) in [5.74, 6) is 3.71. The lowest BCUT2D eigenvalue weighted by Gasteiger charge is -2.30. The van der Waals surface area contributed by atoms with Crippen molar-refractivity contribution in [2.24, 2.45) is 0 Å². The predicted molar refractivity (Wildman–Crippen MR) is 121 cm³/mol. The van der Waals surface area contributed by atoms with Gasteiger partial charge in [-0.15, -0.1) is 0 Å². The average molecular weight is 414 g/mol. The summed E-state index contributed by atoms with van der Waals surface area (Å²) in [4.78, 5) is 14.9. The molecule has 0 amide bonds. The van der Waals surface area contributed by atoms with Gasteiger partial charge in [-0.1, -0.05) is 0 Å². The molecule has 30 heavy (non-hydrogen) atoms. The van der Waals surface area contributed by atoms with Crippen molar-refractivity contribution in [3.8, 4) is 11.5 Å². The Morgan fingerprint density at radius 3 is 2.27 bits per heavy atom. The number of benzene rings is 1. The summed E-state index contributed by atoms with van der Waals surface area (Å²) in [5.41, 5.74) is 0.922. The van der Waals surface area contributed by atoms with Gasteiger partial charge in [0.25, 0.3) is 0 Å². The zero-order chi connectivity index (χ0) is 21.1. The van der Waals surface area contributed by atoms with Crippen molar-refractivity contribution in [3.05, 3.63) is 18.0 Å². The topological polar surface area (TPSA) is 62.8 Å². The molecule has 7 heteroatoms. The molecule has 2 aliphatic heterocycles. The maximum Gasteiger partial charge on any atom is 0.162 e. The van der Waals surface area contributed by atoms with E-state index in [1.54, 1.807) is 14.2 Å². The highest BCUT2D eigenvalue weighted by Gasteiger charge is 2.23. The molecular formula is C23H35N5O2. The summed E-state index contributed by atoms with van der Waals surface area (Å²) >= 11 is 0. The van der Waals surface area contributed by atoms with E-state index in [0.29, 0.717) is 23.5 Å². The molecule has 0 spiro atoms. The van der Waals surface area contributed by atoms with Crippen LogP contribution in [0.3, 0.4) is 0 Å². The van der Waals surface area contributed by atoms with E-state index in [-0.39, 0.29) is 0 Å². The van der Waals surface area contributed by atoms with E-state index < -0.39 is 0 Å². The molecule has 3 heterocycles.